The molecule has 3 atom stereocenters. The predicted octanol–water partition coefficient (Wildman–Crippen LogP) is 4.04. The van der Waals surface area contributed by atoms with Crippen LogP contribution < -0.4 is 4.90 Å². The topological polar surface area (TPSA) is 6.48 Å². The summed E-state index contributed by atoms with van der Waals surface area (Å²) >= 11 is 0. The van der Waals surface area contributed by atoms with E-state index in [1.165, 1.54) is 43.4 Å². The van der Waals surface area contributed by atoms with Gasteiger partial charge in [0.2, 0.25) is 0 Å². The molecule has 0 aromatic heterocycles. The van der Waals surface area contributed by atoms with Gasteiger partial charge in [-0.3, -0.25) is 4.90 Å². The first-order chi connectivity index (χ1) is 10.1. The molecule has 2 fully saturated rings. The van der Waals surface area contributed by atoms with Crippen molar-refractivity contribution in [3.05, 3.63) is 29.8 Å². The highest BCUT2D eigenvalue weighted by molar-refractivity contribution is 5.54. The molecule has 2 unspecified atom stereocenters. The van der Waals surface area contributed by atoms with Gasteiger partial charge in [0.15, 0.2) is 0 Å². The summed E-state index contributed by atoms with van der Waals surface area (Å²) in [6.45, 7) is 4.22. The molecule has 0 spiro atoms. The van der Waals surface area contributed by atoms with Gasteiger partial charge in [0.05, 0.1) is 8.02 Å². The zero-order valence-corrected chi connectivity index (χ0v) is 13.0. The van der Waals surface area contributed by atoms with E-state index in [9.17, 15) is 0 Å². The standard InChI is InChI=1S/C18H28N2/c1-14-9-7-8-12-17(14)20-13-19(3)18(15(20)2)16-10-5-4-6-11-16/h7-9,12,15-16,18H,4-6,10-11,13H2,1-3H3/t15-,18?/m0/s1/i13D/t13?,15-,18?. The number of hydrogen-bond donors (Lipinski definition) is 0. The maximum atomic E-state index is 8.66. The van der Waals surface area contributed by atoms with Crippen LogP contribution in [0.2, 0.25) is 0 Å². The fourth-order valence-electron chi connectivity index (χ4n) is 4.22. The van der Waals surface area contributed by atoms with Crippen molar-refractivity contribution in [2.24, 2.45) is 5.92 Å². The number of rotatable bonds is 2. The lowest BCUT2D eigenvalue weighted by atomic mass is 9.81. The minimum absolute atomic E-state index is 0.256. The van der Waals surface area contributed by atoms with E-state index in [1.54, 1.807) is 0 Å². The number of nitrogens with zero attached hydrogens (tertiary/aromatic N) is 2. The van der Waals surface area contributed by atoms with Crippen molar-refractivity contribution in [2.75, 3.05) is 18.6 Å². The maximum Gasteiger partial charge on any atom is 0.0711 e. The Morgan fingerprint density at radius 3 is 2.55 bits per heavy atom. The van der Waals surface area contributed by atoms with Crippen molar-refractivity contribution in [3.63, 3.8) is 0 Å². The smallest absolute Gasteiger partial charge is 0.0711 e. The van der Waals surface area contributed by atoms with Crippen molar-refractivity contribution < 1.29 is 1.37 Å². The summed E-state index contributed by atoms with van der Waals surface area (Å²) in [6, 6.07) is 9.44. The molecule has 3 rings (SSSR count). The second-order valence-corrected chi connectivity index (χ2v) is 6.60. The van der Waals surface area contributed by atoms with Gasteiger partial charge in [0, 0.05) is 17.8 Å². The molecule has 2 nitrogen and oxygen atoms in total. The highest BCUT2D eigenvalue weighted by atomic mass is 15.4. The van der Waals surface area contributed by atoms with E-state index in [-0.39, 0.29) is 6.64 Å². The molecule has 1 heterocycles. The van der Waals surface area contributed by atoms with E-state index in [1.807, 2.05) is 0 Å². The molecule has 1 aliphatic heterocycles. The van der Waals surface area contributed by atoms with Crippen LogP contribution in [0.1, 0.15) is 46.0 Å². The van der Waals surface area contributed by atoms with Crippen LogP contribution in [0.15, 0.2) is 24.3 Å². The number of benzene rings is 1. The van der Waals surface area contributed by atoms with Gasteiger partial charge < -0.3 is 4.90 Å². The maximum absolute atomic E-state index is 8.66. The number of anilines is 1. The average Bonchev–Trinajstić information content (AvgIpc) is 2.71. The van der Waals surface area contributed by atoms with Gasteiger partial charge in [0.25, 0.3) is 0 Å². The second-order valence-electron chi connectivity index (χ2n) is 6.60. The summed E-state index contributed by atoms with van der Waals surface area (Å²) in [5, 5.41) is 0. The fourth-order valence-corrected chi connectivity index (χ4v) is 4.22. The van der Waals surface area contributed by atoms with Crippen LogP contribution in [-0.2, 0) is 0 Å². The molecule has 1 aromatic carbocycles. The summed E-state index contributed by atoms with van der Waals surface area (Å²) in [5.74, 6) is 0.764. The van der Waals surface area contributed by atoms with Crippen molar-refractivity contribution >= 4 is 5.69 Å². The number of para-hydroxylation sites is 1. The predicted molar refractivity (Wildman–Crippen MR) is 86.1 cm³/mol. The molecule has 1 saturated carbocycles. The van der Waals surface area contributed by atoms with Gasteiger partial charge in [-0.15, -0.1) is 0 Å². The molecule has 0 amide bonds. The van der Waals surface area contributed by atoms with E-state index in [2.05, 4.69) is 55.0 Å². The van der Waals surface area contributed by atoms with Crippen LogP contribution in [0.25, 0.3) is 0 Å². The summed E-state index contributed by atoms with van der Waals surface area (Å²) in [5.41, 5.74) is 2.51. The second kappa shape index (κ2) is 5.77. The molecular formula is C18H28N2. The molecule has 0 bridgehead atoms. The van der Waals surface area contributed by atoms with Crippen LogP contribution in [0, 0.1) is 12.8 Å². The van der Waals surface area contributed by atoms with Crippen molar-refractivity contribution in [1.82, 2.24) is 4.90 Å². The van der Waals surface area contributed by atoms with Crippen LogP contribution in [-0.4, -0.2) is 30.7 Å². The summed E-state index contributed by atoms with van der Waals surface area (Å²) < 4.78 is 8.66. The van der Waals surface area contributed by atoms with Gasteiger partial charge in [0.1, 0.15) is 0 Å². The third-order valence-corrected chi connectivity index (χ3v) is 5.24. The van der Waals surface area contributed by atoms with E-state index >= 15 is 0 Å². The van der Waals surface area contributed by atoms with Gasteiger partial charge in [-0.05, 0) is 51.3 Å². The fraction of sp³-hybridized carbons (Fsp3) is 0.667. The summed E-state index contributed by atoms with van der Waals surface area (Å²) in [7, 11) is 2.14. The number of likely N-dealkylation sites (N-methyl/N-ethyl adjacent to an activating group) is 1. The lowest BCUT2D eigenvalue weighted by molar-refractivity contribution is 0.176. The van der Waals surface area contributed by atoms with Gasteiger partial charge in [-0.1, -0.05) is 37.5 Å². The molecule has 110 valence electrons. The largest absolute Gasteiger partial charge is 0.354 e. The minimum atomic E-state index is -0.256. The Hall–Kier alpha value is -1.02. The molecule has 2 heteroatoms. The van der Waals surface area contributed by atoms with Gasteiger partial charge >= 0.3 is 0 Å². The first kappa shape index (κ1) is 12.7. The number of aryl methyl sites for hydroxylation is 1. The molecule has 1 aromatic rings. The molecule has 20 heavy (non-hydrogen) atoms. The Balaban J connectivity index is 1.88. The van der Waals surface area contributed by atoms with Crippen LogP contribution in [0.4, 0.5) is 5.69 Å². The Bertz CT molecular complexity index is 484. The van der Waals surface area contributed by atoms with Crippen LogP contribution in [0.5, 0.6) is 0 Å². The van der Waals surface area contributed by atoms with E-state index in [0.29, 0.717) is 12.1 Å². The normalized spacial score (nSPS) is 33.5. The molecule has 2 aliphatic rings. The molecule has 0 N–H and O–H groups in total. The first-order valence-corrected chi connectivity index (χ1v) is 8.09. The molecule has 1 aliphatic carbocycles. The summed E-state index contributed by atoms with van der Waals surface area (Å²) in [4.78, 5) is 4.61. The van der Waals surface area contributed by atoms with Crippen molar-refractivity contribution in [1.29, 1.82) is 0 Å². The third kappa shape index (κ3) is 2.46. The van der Waals surface area contributed by atoms with Crippen LogP contribution in [0.3, 0.4) is 0 Å². The van der Waals surface area contributed by atoms with E-state index in [4.69, 9.17) is 1.37 Å². The van der Waals surface area contributed by atoms with Gasteiger partial charge in [-0.25, -0.2) is 0 Å². The Labute approximate surface area is 125 Å². The number of hydrogen-bond acceptors (Lipinski definition) is 2. The van der Waals surface area contributed by atoms with E-state index < -0.39 is 0 Å². The quantitative estimate of drug-likeness (QED) is 0.802. The molecular weight excluding hydrogens is 244 g/mol. The van der Waals surface area contributed by atoms with Crippen molar-refractivity contribution in [3.8, 4) is 0 Å². The highest BCUT2D eigenvalue weighted by Gasteiger charge is 2.40. The Kier molecular flexibility index (Phi) is 3.66. The Morgan fingerprint density at radius 2 is 1.85 bits per heavy atom. The monoisotopic (exact) mass is 273 g/mol. The zero-order chi connectivity index (χ0) is 15.0. The van der Waals surface area contributed by atoms with E-state index in [0.717, 1.165) is 5.92 Å². The molecule has 0 radical (unpaired) electrons. The zero-order valence-electron chi connectivity index (χ0n) is 14.0. The van der Waals surface area contributed by atoms with Crippen LogP contribution >= 0.6 is 0 Å². The summed E-state index contributed by atoms with van der Waals surface area (Å²) in [6.07, 6.45) is 6.82. The molecule has 1 saturated heterocycles. The lowest BCUT2D eigenvalue weighted by Gasteiger charge is -2.34. The van der Waals surface area contributed by atoms with Crippen molar-refractivity contribution in [2.45, 2.75) is 58.0 Å². The first-order valence-electron chi connectivity index (χ1n) is 8.67. The Morgan fingerprint density at radius 1 is 1.15 bits per heavy atom. The SMILES string of the molecule is [2H]C1N(C)C(C2CCCCC2)[C@H](C)N1c1ccccc1C. The van der Waals surface area contributed by atoms with Gasteiger partial charge in [-0.2, -0.15) is 0 Å². The lowest BCUT2D eigenvalue weighted by Crippen LogP contribution is -2.41. The third-order valence-electron chi connectivity index (χ3n) is 5.24. The highest BCUT2D eigenvalue weighted by Crippen LogP contribution is 2.37. The average molecular weight is 273 g/mol. The minimum Gasteiger partial charge on any atom is -0.354 e.